The standard InChI is InChI=1S/C21H23FN4O/c1-14-12-16(6-9-18(14)22)19-13-20(25-24-19)21(27)23-11-10-15-4-7-17(8-5-15)26(2)3/h4-9,12-13H,10-11H2,1-3H3,(H,23,27)(H,24,25). The maximum Gasteiger partial charge on any atom is 0.269 e. The highest BCUT2D eigenvalue weighted by molar-refractivity contribution is 5.93. The van der Waals surface area contributed by atoms with Gasteiger partial charge in [0.05, 0.1) is 5.69 Å². The molecule has 0 aliphatic heterocycles. The van der Waals surface area contributed by atoms with E-state index in [1.807, 2.05) is 19.0 Å². The van der Waals surface area contributed by atoms with Gasteiger partial charge in [-0.3, -0.25) is 9.89 Å². The zero-order valence-corrected chi connectivity index (χ0v) is 15.7. The predicted molar refractivity (Wildman–Crippen MR) is 106 cm³/mol. The monoisotopic (exact) mass is 366 g/mol. The minimum absolute atomic E-state index is 0.211. The lowest BCUT2D eigenvalue weighted by Gasteiger charge is -2.12. The second kappa shape index (κ2) is 8.03. The molecule has 0 saturated carbocycles. The molecule has 0 aliphatic carbocycles. The van der Waals surface area contributed by atoms with Gasteiger partial charge in [-0.1, -0.05) is 12.1 Å². The Hall–Kier alpha value is -3.15. The van der Waals surface area contributed by atoms with Crippen LogP contribution in [0.4, 0.5) is 10.1 Å². The van der Waals surface area contributed by atoms with E-state index in [-0.39, 0.29) is 11.7 Å². The zero-order chi connectivity index (χ0) is 19.4. The first-order valence-electron chi connectivity index (χ1n) is 8.80. The van der Waals surface area contributed by atoms with E-state index in [1.54, 1.807) is 25.1 Å². The second-order valence-corrected chi connectivity index (χ2v) is 6.70. The van der Waals surface area contributed by atoms with Crippen LogP contribution < -0.4 is 10.2 Å². The van der Waals surface area contributed by atoms with E-state index in [4.69, 9.17) is 0 Å². The number of hydrogen-bond donors (Lipinski definition) is 2. The number of halogens is 1. The van der Waals surface area contributed by atoms with Crippen LogP contribution in [0, 0.1) is 12.7 Å². The van der Waals surface area contributed by atoms with Gasteiger partial charge in [-0.25, -0.2) is 4.39 Å². The topological polar surface area (TPSA) is 61.0 Å². The van der Waals surface area contributed by atoms with Crippen LogP contribution in [0.2, 0.25) is 0 Å². The summed E-state index contributed by atoms with van der Waals surface area (Å²) in [7, 11) is 4.00. The number of benzene rings is 2. The highest BCUT2D eigenvalue weighted by Gasteiger charge is 2.11. The Morgan fingerprint density at radius 1 is 1.15 bits per heavy atom. The highest BCUT2D eigenvalue weighted by atomic mass is 19.1. The number of amides is 1. The smallest absolute Gasteiger partial charge is 0.269 e. The summed E-state index contributed by atoms with van der Waals surface area (Å²) in [4.78, 5) is 14.3. The largest absolute Gasteiger partial charge is 0.378 e. The minimum atomic E-state index is -0.258. The molecule has 6 heteroatoms. The fraction of sp³-hybridized carbons (Fsp3) is 0.238. The van der Waals surface area contributed by atoms with Crippen LogP contribution >= 0.6 is 0 Å². The molecular weight excluding hydrogens is 343 g/mol. The number of nitrogens with one attached hydrogen (secondary N) is 2. The number of H-pyrrole nitrogens is 1. The maximum atomic E-state index is 13.4. The van der Waals surface area contributed by atoms with Crippen LogP contribution in [0.15, 0.2) is 48.5 Å². The number of hydrogen-bond acceptors (Lipinski definition) is 3. The maximum absolute atomic E-state index is 13.4. The van der Waals surface area contributed by atoms with E-state index in [0.29, 0.717) is 23.5 Å². The average molecular weight is 366 g/mol. The Morgan fingerprint density at radius 3 is 2.56 bits per heavy atom. The van der Waals surface area contributed by atoms with Gasteiger partial charge < -0.3 is 10.2 Å². The molecule has 27 heavy (non-hydrogen) atoms. The van der Waals surface area contributed by atoms with Crippen LogP contribution in [0.3, 0.4) is 0 Å². The van der Waals surface area contributed by atoms with Crippen molar-refractivity contribution < 1.29 is 9.18 Å². The van der Waals surface area contributed by atoms with Crippen LogP contribution in [0.5, 0.6) is 0 Å². The third-order valence-electron chi connectivity index (χ3n) is 4.43. The first-order valence-corrected chi connectivity index (χ1v) is 8.80. The number of aryl methyl sites for hydroxylation is 1. The first kappa shape index (κ1) is 18.6. The third-order valence-corrected chi connectivity index (χ3v) is 4.43. The minimum Gasteiger partial charge on any atom is -0.378 e. The molecule has 5 nitrogen and oxygen atoms in total. The molecule has 1 amide bonds. The van der Waals surface area contributed by atoms with Gasteiger partial charge in [-0.05, 0) is 60.9 Å². The van der Waals surface area contributed by atoms with Crippen molar-refractivity contribution in [3.8, 4) is 11.3 Å². The van der Waals surface area contributed by atoms with Gasteiger partial charge in [0, 0.05) is 31.9 Å². The molecule has 2 aromatic carbocycles. The van der Waals surface area contributed by atoms with Crippen LogP contribution in [0.25, 0.3) is 11.3 Å². The second-order valence-electron chi connectivity index (χ2n) is 6.70. The molecule has 1 heterocycles. The third kappa shape index (κ3) is 4.53. The Kier molecular flexibility index (Phi) is 5.54. The Morgan fingerprint density at radius 2 is 1.89 bits per heavy atom. The molecule has 0 atom stereocenters. The molecule has 140 valence electrons. The number of carbonyl (C=O) groups is 1. The summed E-state index contributed by atoms with van der Waals surface area (Å²) >= 11 is 0. The first-order chi connectivity index (χ1) is 12.9. The van der Waals surface area contributed by atoms with Gasteiger partial charge in [0.25, 0.3) is 5.91 Å². The van der Waals surface area contributed by atoms with Crippen molar-refractivity contribution in [2.24, 2.45) is 0 Å². The van der Waals surface area contributed by atoms with Gasteiger partial charge in [0.1, 0.15) is 11.5 Å². The van der Waals surface area contributed by atoms with E-state index in [1.165, 1.54) is 6.07 Å². The molecule has 0 saturated heterocycles. The average Bonchev–Trinajstić information content (AvgIpc) is 3.14. The van der Waals surface area contributed by atoms with Crippen molar-refractivity contribution in [1.82, 2.24) is 15.5 Å². The summed E-state index contributed by atoms with van der Waals surface area (Å²) in [6, 6.07) is 14.7. The number of carbonyl (C=O) groups excluding carboxylic acids is 1. The summed E-state index contributed by atoms with van der Waals surface area (Å²) in [6.45, 7) is 2.23. The van der Waals surface area contributed by atoms with Crippen molar-refractivity contribution in [2.75, 3.05) is 25.5 Å². The van der Waals surface area contributed by atoms with E-state index in [2.05, 4.69) is 39.8 Å². The molecule has 1 aromatic heterocycles. The quantitative estimate of drug-likeness (QED) is 0.701. The van der Waals surface area contributed by atoms with E-state index >= 15 is 0 Å². The van der Waals surface area contributed by atoms with Crippen molar-refractivity contribution in [3.63, 3.8) is 0 Å². The summed E-state index contributed by atoms with van der Waals surface area (Å²) in [5.41, 5.74) is 4.61. The van der Waals surface area contributed by atoms with Crippen molar-refractivity contribution in [3.05, 3.63) is 71.2 Å². The number of aromatic amines is 1. The SMILES string of the molecule is Cc1cc(-c2cc(C(=O)NCCc3ccc(N(C)C)cc3)[nH]n2)ccc1F. The lowest BCUT2D eigenvalue weighted by Crippen LogP contribution is -2.26. The predicted octanol–water partition coefficient (Wildman–Crippen LogP) is 3.56. The van der Waals surface area contributed by atoms with Crippen molar-refractivity contribution >= 4 is 11.6 Å². The molecule has 0 fully saturated rings. The van der Waals surface area contributed by atoms with Gasteiger partial charge in [0.2, 0.25) is 0 Å². The number of anilines is 1. The molecule has 2 N–H and O–H groups in total. The Balaban J connectivity index is 1.57. The summed E-state index contributed by atoms with van der Waals surface area (Å²) < 4.78 is 13.4. The fourth-order valence-electron chi connectivity index (χ4n) is 2.77. The van der Waals surface area contributed by atoms with E-state index < -0.39 is 0 Å². The van der Waals surface area contributed by atoms with Crippen LogP contribution in [-0.2, 0) is 6.42 Å². The summed E-state index contributed by atoms with van der Waals surface area (Å²) in [5, 5.41) is 9.79. The number of aromatic nitrogens is 2. The summed E-state index contributed by atoms with van der Waals surface area (Å²) in [5.74, 6) is -0.469. The van der Waals surface area contributed by atoms with Crippen molar-refractivity contribution in [2.45, 2.75) is 13.3 Å². The number of nitrogens with zero attached hydrogens (tertiary/aromatic N) is 2. The van der Waals surface area contributed by atoms with E-state index in [0.717, 1.165) is 23.2 Å². The Labute approximate surface area is 158 Å². The summed E-state index contributed by atoms with van der Waals surface area (Å²) in [6.07, 6.45) is 0.748. The molecule has 0 aliphatic rings. The van der Waals surface area contributed by atoms with Gasteiger partial charge in [0.15, 0.2) is 0 Å². The zero-order valence-electron chi connectivity index (χ0n) is 15.7. The lowest BCUT2D eigenvalue weighted by atomic mass is 10.1. The van der Waals surface area contributed by atoms with Gasteiger partial charge in [-0.15, -0.1) is 0 Å². The molecule has 3 aromatic rings. The Bertz CT molecular complexity index is 932. The van der Waals surface area contributed by atoms with Gasteiger partial charge >= 0.3 is 0 Å². The molecule has 0 spiro atoms. The fourth-order valence-corrected chi connectivity index (χ4v) is 2.77. The van der Waals surface area contributed by atoms with Crippen LogP contribution in [-0.4, -0.2) is 36.7 Å². The molecule has 0 bridgehead atoms. The molecule has 0 radical (unpaired) electrons. The van der Waals surface area contributed by atoms with E-state index in [9.17, 15) is 9.18 Å². The highest BCUT2D eigenvalue weighted by Crippen LogP contribution is 2.20. The van der Waals surface area contributed by atoms with Gasteiger partial charge in [-0.2, -0.15) is 5.10 Å². The molecule has 3 rings (SSSR count). The van der Waals surface area contributed by atoms with Crippen molar-refractivity contribution in [1.29, 1.82) is 0 Å². The lowest BCUT2D eigenvalue weighted by molar-refractivity contribution is 0.0949. The normalized spacial score (nSPS) is 10.7. The molecular formula is C21H23FN4O. The number of rotatable bonds is 6. The molecule has 0 unspecified atom stereocenters. The van der Waals surface area contributed by atoms with Crippen LogP contribution in [0.1, 0.15) is 21.6 Å².